The maximum Gasteiger partial charge on any atom is 0.0373 e. The molecule has 0 radical (unpaired) electrons. The Balaban J connectivity index is 0.000000514. The third-order valence-corrected chi connectivity index (χ3v) is 4.15. The molecule has 0 amide bonds. The van der Waals surface area contributed by atoms with Crippen molar-refractivity contribution in [3.63, 3.8) is 0 Å². The molecule has 1 aromatic rings. The third-order valence-electron chi connectivity index (χ3n) is 4.15. The highest BCUT2D eigenvalue weighted by Crippen LogP contribution is 2.43. The molecule has 1 spiro atoms. The van der Waals surface area contributed by atoms with Crippen molar-refractivity contribution in [2.45, 2.75) is 52.4 Å². The lowest BCUT2D eigenvalue weighted by atomic mass is 9.68. The van der Waals surface area contributed by atoms with E-state index in [2.05, 4.69) is 29.6 Å². The molecule has 0 atom stereocenters. The lowest BCUT2D eigenvalue weighted by Crippen LogP contribution is -2.37. The number of hydrogen-bond acceptors (Lipinski definition) is 1. The number of rotatable bonds is 0. The maximum atomic E-state index is 3.62. The highest BCUT2D eigenvalue weighted by atomic mass is 14.9. The average Bonchev–Trinajstić information content (AvgIpc) is 2.42. The lowest BCUT2D eigenvalue weighted by molar-refractivity contribution is 0.199. The molecule has 1 aromatic carbocycles. The van der Waals surface area contributed by atoms with Gasteiger partial charge in [0, 0.05) is 12.2 Å². The Morgan fingerprint density at radius 1 is 1.00 bits per heavy atom. The Bertz CT molecular complexity index is 350. The second-order valence-electron chi connectivity index (χ2n) is 5.25. The first-order valence-corrected chi connectivity index (χ1v) is 7.20. The average molecular weight is 231 g/mol. The quantitative estimate of drug-likeness (QED) is 0.686. The molecule has 1 aliphatic carbocycles. The number of anilines is 1. The summed E-state index contributed by atoms with van der Waals surface area (Å²) in [5, 5.41) is 3.62. The first kappa shape index (κ1) is 12.5. The van der Waals surface area contributed by atoms with Gasteiger partial charge in [0.1, 0.15) is 0 Å². The Labute approximate surface area is 106 Å². The summed E-state index contributed by atoms with van der Waals surface area (Å²) in [5.74, 6) is 0. The van der Waals surface area contributed by atoms with Crippen LogP contribution in [0.2, 0.25) is 0 Å². The van der Waals surface area contributed by atoms with Crippen molar-refractivity contribution in [3.8, 4) is 0 Å². The number of hydrogen-bond donors (Lipinski definition) is 1. The lowest BCUT2D eigenvalue weighted by Gasteiger charge is -2.41. The van der Waals surface area contributed by atoms with E-state index in [0.717, 1.165) is 0 Å². The largest absolute Gasteiger partial charge is 0.384 e. The van der Waals surface area contributed by atoms with Crippen molar-refractivity contribution in [1.29, 1.82) is 0 Å². The van der Waals surface area contributed by atoms with Gasteiger partial charge < -0.3 is 5.32 Å². The van der Waals surface area contributed by atoms with E-state index in [0.29, 0.717) is 5.41 Å². The number of fused-ring (bicyclic) bond motifs is 1. The van der Waals surface area contributed by atoms with Crippen LogP contribution in [0.25, 0.3) is 0 Å². The Morgan fingerprint density at radius 2 is 1.71 bits per heavy atom. The van der Waals surface area contributed by atoms with Gasteiger partial charge in [-0.2, -0.15) is 0 Å². The van der Waals surface area contributed by atoms with Gasteiger partial charge in [-0.25, -0.2) is 0 Å². The smallest absolute Gasteiger partial charge is 0.0373 e. The van der Waals surface area contributed by atoms with Crippen molar-refractivity contribution < 1.29 is 0 Å². The molecule has 0 saturated heterocycles. The molecule has 0 aromatic heterocycles. The van der Waals surface area contributed by atoms with Crippen LogP contribution < -0.4 is 5.32 Å². The van der Waals surface area contributed by atoms with Crippen molar-refractivity contribution >= 4 is 5.69 Å². The third kappa shape index (κ3) is 2.65. The van der Waals surface area contributed by atoms with Gasteiger partial charge in [-0.15, -0.1) is 0 Å². The van der Waals surface area contributed by atoms with Gasteiger partial charge in [0.2, 0.25) is 0 Å². The van der Waals surface area contributed by atoms with Gasteiger partial charge in [-0.3, -0.25) is 0 Å². The molecular formula is C16H25N. The van der Waals surface area contributed by atoms with E-state index in [4.69, 9.17) is 0 Å². The minimum Gasteiger partial charge on any atom is -0.384 e. The van der Waals surface area contributed by atoms with Crippen LogP contribution in [0.15, 0.2) is 24.3 Å². The summed E-state index contributed by atoms with van der Waals surface area (Å²) in [7, 11) is 0. The van der Waals surface area contributed by atoms with Gasteiger partial charge in [-0.1, -0.05) is 51.3 Å². The van der Waals surface area contributed by atoms with Crippen LogP contribution in [0.3, 0.4) is 0 Å². The maximum absolute atomic E-state index is 3.62. The Kier molecular flexibility index (Phi) is 4.09. The van der Waals surface area contributed by atoms with Gasteiger partial charge in [0.25, 0.3) is 0 Å². The van der Waals surface area contributed by atoms with Gasteiger partial charge in [0.15, 0.2) is 0 Å². The Hall–Kier alpha value is -0.980. The van der Waals surface area contributed by atoms with Crippen molar-refractivity contribution in [1.82, 2.24) is 0 Å². The second kappa shape index (κ2) is 5.57. The van der Waals surface area contributed by atoms with E-state index < -0.39 is 0 Å². The minimum atomic E-state index is 0.590. The zero-order valence-corrected chi connectivity index (χ0v) is 11.3. The van der Waals surface area contributed by atoms with Crippen LogP contribution in [-0.4, -0.2) is 6.54 Å². The fourth-order valence-corrected chi connectivity index (χ4v) is 3.25. The summed E-state index contributed by atoms with van der Waals surface area (Å²) in [5.41, 5.74) is 3.49. The fraction of sp³-hybridized carbons (Fsp3) is 0.625. The van der Waals surface area contributed by atoms with Crippen molar-refractivity contribution in [3.05, 3.63) is 29.8 Å². The molecule has 3 rings (SSSR count). The standard InChI is InChI=1S/C14H19N.C2H6/c1-4-8-14(9-5-1)10-12-6-2-3-7-13(12)15-11-14;1-2/h2-3,6-7,15H,1,4-5,8-11H2;1-2H3. The molecule has 1 N–H and O–H groups in total. The van der Waals surface area contributed by atoms with Crippen LogP contribution in [0, 0.1) is 5.41 Å². The number of para-hydroxylation sites is 1. The molecule has 1 nitrogen and oxygen atoms in total. The van der Waals surface area contributed by atoms with Crippen LogP contribution in [0.4, 0.5) is 5.69 Å². The van der Waals surface area contributed by atoms with Crippen molar-refractivity contribution in [2.75, 3.05) is 11.9 Å². The zero-order chi connectivity index (χ0) is 12.1. The molecular weight excluding hydrogens is 206 g/mol. The van der Waals surface area contributed by atoms with E-state index in [9.17, 15) is 0 Å². The van der Waals surface area contributed by atoms with E-state index >= 15 is 0 Å². The first-order chi connectivity index (χ1) is 8.38. The molecule has 0 bridgehead atoms. The SMILES string of the molecule is CC.c1ccc2c(c1)CC1(CCCCC1)CN2. The van der Waals surface area contributed by atoms with Crippen LogP contribution >= 0.6 is 0 Å². The van der Waals surface area contributed by atoms with Gasteiger partial charge in [0.05, 0.1) is 0 Å². The summed E-state index contributed by atoms with van der Waals surface area (Å²) >= 11 is 0. The number of nitrogens with one attached hydrogen (secondary N) is 1. The highest BCUT2D eigenvalue weighted by molar-refractivity contribution is 5.53. The summed E-state index contributed by atoms with van der Waals surface area (Å²) in [6, 6.07) is 8.80. The summed E-state index contributed by atoms with van der Waals surface area (Å²) in [6.45, 7) is 5.20. The summed E-state index contributed by atoms with van der Waals surface area (Å²) in [4.78, 5) is 0. The topological polar surface area (TPSA) is 12.0 Å². The fourth-order valence-electron chi connectivity index (χ4n) is 3.25. The molecule has 1 aliphatic heterocycles. The van der Waals surface area contributed by atoms with Gasteiger partial charge in [-0.05, 0) is 36.3 Å². The molecule has 0 unspecified atom stereocenters. The predicted octanol–water partition coefficient (Wildman–Crippen LogP) is 4.63. The molecule has 2 aliphatic rings. The first-order valence-electron chi connectivity index (χ1n) is 7.20. The monoisotopic (exact) mass is 231 g/mol. The van der Waals surface area contributed by atoms with Crippen LogP contribution in [-0.2, 0) is 6.42 Å². The highest BCUT2D eigenvalue weighted by Gasteiger charge is 2.35. The molecule has 94 valence electrons. The zero-order valence-electron chi connectivity index (χ0n) is 11.3. The van der Waals surface area contributed by atoms with Crippen LogP contribution in [0.1, 0.15) is 51.5 Å². The van der Waals surface area contributed by atoms with Crippen LogP contribution in [0.5, 0.6) is 0 Å². The Morgan fingerprint density at radius 3 is 2.47 bits per heavy atom. The normalized spacial score (nSPS) is 20.8. The van der Waals surface area contributed by atoms with Gasteiger partial charge >= 0.3 is 0 Å². The minimum absolute atomic E-state index is 0.590. The van der Waals surface area contributed by atoms with E-state index in [1.165, 1.54) is 56.3 Å². The molecule has 1 fully saturated rings. The van der Waals surface area contributed by atoms with E-state index in [1.54, 1.807) is 0 Å². The molecule has 1 heteroatoms. The number of benzene rings is 1. The van der Waals surface area contributed by atoms with E-state index in [-0.39, 0.29) is 0 Å². The second-order valence-corrected chi connectivity index (χ2v) is 5.25. The molecule has 17 heavy (non-hydrogen) atoms. The summed E-state index contributed by atoms with van der Waals surface area (Å²) < 4.78 is 0. The molecule has 1 heterocycles. The van der Waals surface area contributed by atoms with E-state index in [1.807, 2.05) is 13.8 Å². The summed E-state index contributed by atoms with van der Waals surface area (Å²) in [6.07, 6.45) is 8.47. The molecule has 1 saturated carbocycles. The predicted molar refractivity (Wildman–Crippen MR) is 75.5 cm³/mol. The van der Waals surface area contributed by atoms with Crippen molar-refractivity contribution in [2.24, 2.45) is 5.41 Å².